The summed E-state index contributed by atoms with van der Waals surface area (Å²) >= 11 is 6.29. The van der Waals surface area contributed by atoms with Crippen molar-refractivity contribution < 1.29 is 4.39 Å². The number of nitrogens with two attached hydrogens (primary N) is 1. The van der Waals surface area contributed by atoms with E-state index < -0.39 is 17.4 Å². The van der Waals surface area contributed by atoms with Crippen molar-refractivity contribution in [1.82, 2.24) is 24.5 Å². The van der Waals surface area contributed by atoms with Crippen LogP contribution in [-0.2, 0) is 0 Å². The van der Waals surface area contributed by atoms with Crippen LogP contribution >= 0.6 is 11.6 Å². The summed E-state index contributed by atoms with van der Waals surface area (Å²) < 4.78 is 16.2. The minimum atomic E-state index is -0.662. The number of fused-ring (bicyclic) bond motifs is 1. The molecule has 34 heavy (non-hydrogen) atoms. The number of anilines is 2. The van der Waals surface area contributed by atoms with Gasteiger partial charge >= 0.3 is 0 Å². The number of nitrogen functional groups attached to an aromatic ring is 1. The van der Waals surface area contributed by atoms with Gasteiger partial charge in [0.1, 0.15) is 40.4 Å². The average molecular weight is 477 g/mol. The highest BCUT2D eigenvalue weighted by molar-refractivity contribution is 6.35. The molecule has 1 saturated carbocycles. The molecule has 4 aromatic rings. The maximum Gasteiger partial charge on any atom is 0.267 e. The third kappa shape index (κ3) is 3.70. The fourth-order valence-corrected chi connectivity index (χ4v) is 4.19. The Morgan fingerprint density at radius 2 is 2.09 bits per heavy atom. The first-order valence-corrected chi connectivity index (χ1v) is 10.9. The first-order chi connectivity index (χ1) is 16.4. The van der Waals surface area contributed by atoms with E-state index in [9.17, 15) is 14.4 Å². The summed E-state index contributed by atoms with van der Waals surface area (Å²) in [6.07, 6.45) is 4.79. The van der Waals surface area contributed by atoms with E-state index in [1.807, 2.05) is 6.07 Å². The Morgan fingerprint density at radius 3 is 2.76 bits per heavy atom. The highest BCUT2D eigenvalue weighted by atomic mass is 35.5. The van der Waals surface area contributed by atoms with Gasteiger partial charge in [-0.2, -0.15) is 5.26 Å². The predicted molar refractivity (Wildman–Crippen MR) is 125 cm³/mol. The molecule has 5 rings (SSSR count). The fourth-order valence-electron chi connectivity index (χ4n) is 3.96. The first kappa shape index (κ1) is 21.7. The maximum absolute atomic E-state index is 14.8. The molecule has 1 atom stereocenters. The van der Waals surface area contributed by atoms with E-state index in [1.165, 1.54) is 22.9 Å². The molecular formula is C23H18ClFN8O. The van der Waals surface area contributed by atoms with Gasteiger partial charge in [-0.05, 0) is 49.9 Å². The number of pyridine rings is 1. The standard InChI is InChI=1S/C23H18ClFN8O/c1-11-29-20(27)14(9-26)21(30-11)31-18(12-4-5-12)22-32-19-16(25)7-6-15(24)17(19)23(34)33(22)13-3-2-8-28-10-13/h2-3,6-8,10,12,18H,4-5H2,1H3,(H3,27,29,30,31). The zero-order valence-corrected chi connectivity index (χ0v) is 18.7. The van der Waals surface area contributed by atoms with Gasteiger partial charge in [0.15, 0.2) is 5.82 Å². The molecule has 1 aliphatic carbocycles. The van der Waals surface area contributed by atoms with Crippen LogP contribution in [0.25, 0.3) is 16.6 Å². The zero-order valence-electron chi connectivity index (χ0n) is 18.0. The summed E-state index contributed by atoms with van der Waals surface area (Å²) in [5.74, 6) is 0.308. The Labute approximate surface area is 198 Å². The molecule has 11 heteroatoms. The normalized spacial score (nSPS) is 14.1. The molecule has 3 aromatic heterocycles. The maximum atomic E-state index is 14.8. The van der Waals surface area contributed by atoms with Crippen molar-refractivity contribution in [3.05, 3.63) is 75.1 Å². The Balaban J connectivity index is 1.79. The lowest BCUT2D eigenvalue weighted by Crippen LogP contribution is -2.30. The Kier molecular flexibility index (Phi) is 5.34. The van der Waals surface area contributed by atoms with Crippen LogP contribution in [0.1, 0.15) is 36.1 Å². The lowest BCUT2D eigenvalue weighted by molar-refractivity contribution is 0.599. The quantitative estimate of drug-likeness (QED) is 0.445. The van der Waals surface area contributed by atoms with Crippen LogP contribution < -0.4 is 16.6 Å². The smallest absolute Gasteiger partial charge is 0.267 e. The van der Waals surface area contributed by atoms with Gasteiger partial charge < -0.3 is 11.1 Å². The highest BCUT2D eigenvalue weighted by Gasteiger charge is 2.37. The topological polar surface area (TPSA) is 135 Å². The molecule has 170 valence electrons. The monoisotopic (exact) mass is 476 g/mol. The molecule has 3 N–H and O–H groups in total. The molecule has 0 spiro atoms. The number of nitriles is 1. The number of hydrogen-bond acceptors (Lipinski definition) is 8. The van der Waals surface area contributed by atoms with E-state index >= 15 is 0 Å². The number of nitrogens with one attached hydrogen (secondary N) is 1. The molecule has 0 radical (unpaired) electrons. The van der Waals surface area contributed by atoms with Gasteiger partial charge in [0.25, 0.3) is 5.56 Å². The molecular weight excluding hydrogens is 459 g/mol. The Bertz CT molecular complexity index is 1530. The van der Waals surface area contributed by atoms with Crippen molar-refractivity contribution >= 4 is 34.1 Å². The van der Waals surface area contributed by atoms with E-state index in [-0.39, 0.29) is 44.9 Å². The summed E-state index contributed by atoms with van der Waals surface area (Å²) in [4.78, 5) is 30.8. The third-order valence-corrected chi connectivity index (χ3v) is 5.99. The molecule has 0 aliphatic heterocycles. The largest absolute Gasteiger partial charge is 0.382 e. The van der Waals surface area contributed by atoms with Crippen molar-refractivity contribution in [3.63, 3.8) is 0 Å². The number of benzene rings is 1. The molecule has 9 nitrogen and oxygen atoms in total. The fraction of sp³-hybridized carbons (Fsp3) is 0.217. The molecule has 1 unspecified atom stereocenters. The number of nitrogens with zero attached hydrogens (tertiary/aromatic N) is 6. The predicted octanol–water partition coefficient (Wildman–Crippen LogP) is 3.69. The average Bonchev–Trinajstić information content (AvgIpc) is 3.65. The molecule has 1 aromatic carbocycles. The van der Waals surface area contributed by atoms with Gasteiger partial charge in [-0.3, -0.25) is 14.3 Å². The van der Waals surface area contributed by atoms with Gasteiger partial charge in [0.2, 0.25) is 0 Å². The van der Waals surface area contributed by atoms with Crippen LogP contribution in [0.3, 0.4) is 0 Å². The minimum absolute atomic E-state index is 0.0244. The van der Waals surface area contributed by atoms with Crippen molar-refractivity contribution in [2.45, 2.75) is 25.8 Å². The lowest BCUT2D eigenvalue weighted by Gasteiger charge is -2.24. The van der Waals surface area contributed by atoms with Crippen molar-refractivity contribution in [2.75, 3.05) is 11.1 Å². The van der Waals surface area contributed by atoms with Crippen LogP contribution in [0.2, 0.25) is 5.02 Å². The first-order valence-electron chi connectivity index (χ1n) is 10.5. The van der Waals surface area contributed by atoms with Gasteiger partial charge in [-0.25, -0.2) is 19.3 Å². The Hall–Kier alpha value is -4.10. The number of aryl methyl sites for hydroxylation is 1. The SMILES string of the molecule is Cc1nc(N)c(C#N)c(NC(c2nc3c(F)ccc(Cl)c3c(=O)n2-c2cccnc2)C2CC2)n1. The second-order valence-electron chi connectivity index (χ2n) is 8.03. The second kappa shape index (κ2) is 8.35. The van der Waals surface area contributed by atoms with Crippen LogP contribution in [0, 0.1) is 30.0 Å². The van der Waals surface area contributed by atoms with Crippen LogP contribution in [0.4, 0.5) is 16.0 Å². The van der Waals surface area contributed by atoms with Crippen molar-refractivity contribution in [3.8, 4) is 11.8 Å². The summed E-state index contributed by atoms with van der Waals surface area (Å²) in [5, 5.41) is 12.9. The van der Waals surface area contributed by atoms with Crippen molar-refractivity contribution in [2.24, 2.45) is 5.92 Å². The number of hydrogen-bond donors (Lipinski definition) is 2. The summed E-state index contributed by atoms with van der Waals surface area (Å²) in [6, 6.07) is 7.35. The van der Waals surface area contributed by atoms with Crippen molar-refractivity contribution in [1.29, 1.82) is 5.26 Å². The number of aromatic nitrogens is 5. The van der Waals surface area contributed by atoms with Gasteiger partial charge in [-0.1, -0.05) is 11.6 Å². The molecule has 0 amide bonds. The van der Waals surface area contributed by atoms with Crippen LogP contribution in [0.15, 0.2) is 41.5 Å². The van der Waals surface area contributed by atoms with Gasteiger partial charge in [0, 0.05) is 6.20 Å². The van der Waals surface area contributed by atoms with Crippen LogP contribution in [0.5, 0.6) is 0 Å². The van der Waals surface area contributed by atoms with E-state index in [2.05, 4.69) is 25.3 Å². The van der Waals surface area contributed by atoms with Gasteiger partial charge in [-0.15, -0.1) is 0 Å². The highest BCUT2D eigenvalue weighted by Crippen LogP contribution is 2.43. The molecule has 3 heterocycles. The van der Waals surface area contributed by atoms with E-state index in [0.29, 0.717) is 11.5 Å². The summed E-state index contributed by atoms with van der Waals surface area (Å²) in [5.41, 5.74) is 5.82. The minimum Gasteiger partial charge on any atom is -0.382 e. The van der Waals surface area contributed by atoms with E-state index in [0.717, 1.165) is 12.8 Å². The molecule has 0 saturated heterocycles. The lowest BCUT2D eigenvalue weighted by atomic mass is 10.1. The third-order valence-electron chi connectivity index (χ3n) is 5.68. The number of halogens is 2. The summed E-state index contributed by atoms with van der Waals surface area (Å²) in [6.45, 7) is 1.66. The number of rotatable bonds is 5. The van der Waals surface area contributed by atoms with E-state index in [4.69, 9.17) is 17.3 Å². The molecule has 1 fully saturated rings. The van der Waals surface area contributed by atoms with Gasteiger partial charge in [0.05, 0.1) is 28.3 Å². The zero-order chi connectivity index (χ0) is 24.0. The summed E-state index contributed by atoms with van der Waals surface area (Å²) in [7, 11) is 0. The van der Waals surface area contributed by atoms with Crippen LogP contribution in [-0.4, -0.2) is 24.5 Å². The molecule has 0 bridgehead atoms. The Morgan fingerprint density at radius 1 is 1.29 bits per heavy atom. The second-order valence-corrected chi connectivity index (χ2v) is 8.43. The molecule has 1 aliphatic rings. The van der Waals surface area contributed by atoms with E-state index in [1.54, 1.807) is 25.3 Å².